The Morgan fingerprint density at radius 1 is 1.10 bits per heavy atom. The Morgan fingerprint density at radius 3 is 2.10 bits per heavy atom. The molecule has 6 heteroatoms. The molecule has 0 radical (unpaired) electrons. The number of hydrogen-bond acceptors (Lipinski definition) is 4. The van der Waals surface area contributed by atoms with Crippen molar-refractivity contribution in [2.75, 3.05) is 10.6 Å². The quantitative estimate of drug-likeness (QED) is 0.811. The van der Waals surface area contributed by atoms with Crippen LogP contribution in [0, 0.1) is 5.92 Å². The van der Waals surface area contributed by atoms with Crippen LogP contribution in [0.2, 0.25) is 0 Å². The molecule has 21 heavy (non-hydrogen) atoms. The lowest BCUT2D eigenvalue weighted by molar-refractivity contribution is -0.154. The van der Waals surface area contributed by atoms with Gasteiger partial charge in [0.15, 0.2) is 6.10 Å². The van der Waals surface area contributed by atoms with Crippen molar-refractivity contribution < 1.29 is 19.1 Å². The molecule has 1 aliphatic carbocycles. The molecule has 0 unspecified atom stereocenters. The number of carbonyl (C=O) groups is 3. The molecule has 2 rings (SSSR count). The van der Waals surface area contributed by atoms with Crippen LogP contribution in [0.3, 0.4) is 0 Å². The van der Waals surface area contributed by atoms with E-state index in [2.05, 4.69) is 10.6 Å². The van der Waals surface area contributed by atoms with Crippen LogP contribution in [0.25, 0.3) is 0 Å². The van der Waals surface area contributed by atoms with Crippen LogP contribution in [0.5, 0.6) is 0 Å². The van der Waals surface area contributed by atoms with Crippen molar-refractivity contribution in [1.82, 2.24) is 0 Å². The molecular weight excluding hydrogens is 272 g/mol. The summed E-state index contributed by atoms with van der Waals surface area (Å²) in [6.07, 6.45) is 0.864. The Hall–Kier alpha value is -2.37. The van der Waals surface area contributed by atoms with E-state index in [1.165, 1.54) is 6.92 Å². The molecule has 0 spiro atoms. The highest BCUT2D eigenvalue weighted by atomic mass is 16.5. The highest BCUT2D eigenvalue weighted by molar-refractivity contribution is 5.95. The molecule has 0 heterocycles. The van der Waals surface area contributed by atoms with Crippen LogP contribution < -0.4 is 10.6 Å². The molecule has 2 amide bonds. The molecule has 1 aromatic carbocycles. The van der Waals surface area contributed by atoms with E-state index in [1.807, 2.05) is 0 Å². The molecule has 1 aromatic rings. The van der Waals surface area contributed by atoms with Crippen molar-refractivity contribution in [3.05, 3.63) is 24.3 Å². The molecule has 1 aliphatic rings. The second-order valence-corrected chi connectivity index (χ2v) is 5.10. The lowest BCUT2D eigenvalue weighted by Gasteiger charge is -2.13. The van der Waals surface area contributed by atoms with Crippen LogP contribution >= 0.6 is 0 Å². The van der Waals surface area contributed by atoms with Gasteiger partial charge in [0.05, 0.1) is 5.92 Å². The Morgan fingerprint density at radius 2 is 1.62 bits per heavy atom. The van der Waals surface area contributed by atoms with E-state index in [0.717, 1.165) is 12.8 Å². The number of carbonyl (C=O) groups excluding carboxylic acids is 3. The van der Waals surface area contributed by atoms with Crippen molar-refractivity contribution in [2.24, 2.45) is 5.92 Å². The van der Waals surface area contributed by atoms with E-state index in [9.17, 15) is 14.4 Å². The lowest BCUT2D eigenvalue weighted by Crippen LogP contribution is -2.30. The highest BCUT2D eigenvalue weighted by Gasteiger charge is 2.33. The van der Waals surface area contributed by atoms with Crippen LogP contribution in [-0.4, -0.2) is 23.9 Å². The first-order valence-corrected chi connectivity index (χ1v) is 6.84. The van der Waals surface area contributed by atoms with E-state index < -0.39 is 6.10 Å². The number of anilines is 2. The molecule has 0 saturated heterocycles. The van der Waals surface area contributed by atoms with Gasteiger partial charge in [0, 0.05) is 18.3 Å². The zero-order valence-corrected chi connectivity index (χ0v) is 12.0. The van der Waals surface area contributed by atoms with E-state index in [4.69, 9.17) is 4.74 Å². The second kappa shape index (κ2) is 6.39. The predicted molar refractivity (Wildman–Crippen MR) is 77.7 cm³/mol. The Labute approximate surface area is 122 Å². The summed E-state index contributed by atoms with van der Waals surface area (Å²) in [5.74, 6) is -0.875. The van der Waals surface area contributed by atoms with Gasteiger partial charge in [0.2, 0.25) is 5.91 Å². The fourth-order valence-electron chi connectivity index (χ4n) is 1.73. The van der Waals surface area contributed by atoms with Gasteiger partial charge in [-0.2, -0.15) is 0 Å². The van der Waals surface area contributed by atoms with E-state index in [1.54, 1.807) is 31.2 Å². The maximum atomic E-state index is 11.9. The number of ether oxygens (including phenoxy) is 1. The summed E-state index contributed by atoms with van der Waals surface area (Å²) in [6.45, 7) is 2.97. The minimum absolute atomic E-state index is 0.0304. The van der Waals surface area contributed by atoms with Gasteiger partial charge in [-0.15, -0.1) is 0 Å². The summed E-state index contributed by atoms with van der Waals surface area (Å²) in [5.41, 5.74) is 1.22. The SMILES string of the molecule is CC(=O)Nc1ccc(NC(=O)[C@H](C)OC(=O)C2CC2)cc1. The third kappa shape index (κ3) is 4.59. The van der Waals surface area contributed by atoms with Gasteiger partial charge in [-0.3, -0.25) is 14.4 Å². The smallest absolute Gasteiger partial charge is 0.309 e. The van der Waals surface area contributed by atoms with Gasteiger partial charge in [0.1, 0.15) is 0 Å². The molecule has 2 N–H and O–H groups in total. The Kier molecular flexibility index (Phi) is 4.57. The zero-order chi connectivity index (χ0) is 15.4. The maximum absolute atomic E-state index is 11.9. The van der Waals surface area contributed by atoms with E-state index >= 15 is 0 Å². The lowest BCUT2D eigenvalue weighted by atomic mass is 10.2. The summed E-state index contributed by atoms with van der Waals surface area (Å²) in [5, 5.41) is 5.29. The number of amides is 2. The van der Waals surface area contributed by atoms with Crippen molar-refractivity contribution in [3.63, 3.8) is 0 Å². The molecular formula is C15H18N2O4. The average Bonchev–Trinajstić information content (AvgIpc) is 3.24. The second-order valence-electron chi connectivity index (χ2n) is 5.10. The standard InChI is InChI=1S/C15H18N2O4/c1-9(21-15(20)11-3-4-11)14(19)17-13-7-5-12(6-8-13)16-10(2)18/h5-9,11H,3-4H2,1-2H3,(H,16,18)(H,17,19)/t9-/m0/s1. The molecule has 112 valence electrons. The van der Waals surface area contributed by atoms with Crippen LogP contribution in [0.4, 0.5) is 11.4 Å². The maximum Gasteiger partial charge on any atom is 0.309 e. The number of esters is 1. The van der Waals surface area contributed by atoms with Crippen LogP contribution in [-0.2, 0) is 19.1 Å². The van der Waals surface area contributed by atoms with Gasteiger partial charge in [-0.05, 0) is 44.0 Å². The fraction of sp³-hybridized carbons (Fsp3) is 0.400. The normalized spacial score (nSPS) is 15.0. The number of hydrogen-bond donors (Lipinski definition) is 2. The molecule has 0 bridgehead atoms. The number of rotatable bonds is 5. The van der Waals surface area contributed by atoms with Gasteiger partial charge in [-0.25, -0.2) is 0 Å². The van der Waals surface area contributed by atoms with Gasteiger partial charge in [0.25, 0.3) is 5.91 Å². The Bertz CT molecular complexity index is 549. The molecule has 1 saturated carbocycles. The first kappa shape index (κ1) is 15.0. The van der Waals surface area contributed by atoms with E-state index in [0.29, 0.717) is 11.4 Å². The molecule has 1 atom stereocenters. The molecule has 6 nitrogen and oxygen atoms in total. The topological polar surface area (TPSA) is 84.5 Å². The number of nitrogens with one attached hydrogen (secondary N) is 2. The van der Waals surface area contributed by atoms with E-state index in [-0.39, 0.29) is 23.7 Å². The third-order valence-electron chi connectivity index (χ3n) is 3.05. The fourth-order valence-corrected chi connectivity index (χ4v) is 1.73. The van der Waals surface area contributed by atoms with Crippen molar-refractivity contribution in [3.8, 4) is 0 Å². The summed E-state index contributed by atoms with van der Waals surface area (Å²) < 4.78 is 5.08. The molecule has 1 fully saturated rings. The zero-order valence-electron chi connectivity index (χ0n) is 12.0. The first-order valence-electron chi connectivity index (χ1n) is 6.84. The van der Waals surface area contributed by atoms with Crippen molar-refractivity contribution >= 4 is 29.2 Å². The number of benzene rings is 1. The Balaban J connectivity index is 1.86. The average molecular weight is 290 g/mol. The van der Waals surface area contributed by atoms with Gasteiger partial charge < -0.3 is 15.4 Å². The summed E-state index contributed by atoms with van der Waals surface area (Å²) in [7, 11) is 0. The monoisotopic (exact) mass is 290 g/mol. The minimum Gasteiger partial charge on any atom is -0.452 e. The molecule has 0 aromatic heterocycles. The predicted octanol–water partition coefficient (Wildman–Crippen LogP) is 1.93. The summed E-state index contributed by atoms with van der Waals surface area (Å²) >= 11 is 0. The third-order valence-corrected chi connectivity index (χ3v) is 3.05. The van der Waals surface area contributed by atoms with Crippen LogP contribution in [0.1, 0.15) is 26.7 Å². The van der Waals surface area contributed by atoms with Crippen molar-refractivity contribution in [1.29, 1.82) is 0 Å². The largest absolute Gasteiger partial charge is 0.452 e. The summed E-state index contributed by atoms with van der Waals surface area (Å²) in [6, 6.07) is 6.69. The van der Waals surface area contributed by atoms with Gasteiger partial charge in [-0.1, -0.05) is 0 Å². The van der Waals surface area contributed by atoms with Crippen LogP contribution in [0.15, 0.2) is 24.3 Å². The highest BCUT2D eigenvalue weighted by Crippen LogP contribution is 2.30. The molecule has 0 aliphatic heterocycles. The first-order chi connectivity index (χ1) is 9.95. The van der Waals surface area contributed by atoms with Gasteiger partial charge >= 0.3 is 5.97 Å². The minimum atomic E-state index is -0.826. The van der Waals surface area contributed by atoms with Crippen molar-refractivity contribution in [2.45, 2.75) is 32.8 Å². The summed E-state index contributed by atoms with van der Waals surface area (Å²) in [4.78, 5) is 34.3.